The van der Waals surface area contributed by atoms with Gasteiger partial charge in [0.05, 0.1) is 32.9 Å². The minimum absolute atomic E-state index is 0.525. The number of benzene rings is 21. The molecular weight excluding hydrogens is 1630 g/mol. The highest BCUT2D eigenvalue weighted by Crippen LogP contribution is 2.59. The first kappa shape index (κ1) is 76.5. The SMILES string of the molecule is c1ccc(C2(c3ccc(N(c4ccc(-c5ccc(-n6c7ccccc7c7cc(-c8ccc(-c9ccc(N(c%10ccc(C%11(c%12ccccc%12)c%12ccccc%12-c%12ccccc%12%11)cc%10)c%10cccc(-n%11c%12ccccc%12c%12ccccc%12%11)c%10)cc9)c9oc%10ccccc%10c89)ccc76)cc5)cc4)c4ccc(-c5cccc6c5oc5ccccc56)cc4)cc3)c3ccccc3-c3ccccc32)cc1. The Labute approximate surface area is 774 Å². The van der Waals surface area contributed by atoms with E-state index in [1.54, 1.807) is 0 Å². The van der Waals surface area contributed by atoms with Gasteiger partial charge in [0.25, 0.3) is 0 Å². The number of furan rings is 2. The van der Waals surface area contributed by atoms with E-state index >= 15 is 0 Å². The number of nitrogens with zero attached hydrogens (tertiary/aromatic N) is 4. The van der Waals surface area contributed by atoms with E-state index in [-0.39, 0.29) is 0 Å². The zero-order chi connectivity index (χ0) is 88.1. The van der Waals surface area contributed by atoms with Gasteiger partial charge in [-0.1, -0.05) is 358 Å². The molecule has 0 atom stereocenters. The van der Waals surface area contributed by atoms with E-state index in [2.05, 4.69) is 510 Å². The van der Waals surface area contributed by atoms with Crippen molar-refractivity contribution >= 4 is 122 Å². The molecule has 27 rings (SSSR count). The number of hydrogen-bond acceptors (Lipinski definition) is 4. The minimum atomic E-state index is -0.542. The molecule has 2 aliphatic carbocycles. The molecule has 0 fully saturated rings. The molecule has 0 unspecified atom stereocenters. The summed E-state index contributed by atoms with van der Waals surface area (Å²) in [5, 5.41) is 9.18. The fraction of sp³-hybridized carbons (Fsp3) is 0.0156. The van der Waals surface area contributed by atoms with Gasteiger partial charge in [-0.2, -0.15) is 0 Å². The summed E-state index contributed by atoms with van der Waals surface area (Å²) < 4.78 is 18.6. The Balaban J connectivity index is 0.524. The Kier molecular flexibility index (Phi) is 17.4. The van der Waals surface area contributed by atoms with Gasteiger partial charge in [0.1, 0.15) is 22.3 Å². The van der Waals surface area contributed by atoms with Crippen LogP contribution >= 0.6 is 0 Å². The van der Waals surface area contributed by atoms with Crippen LogP contribution in [0.3, 0.4) is 0 Å². The van der Waals surface area contributed by atoms with Gasteiger partial charge in [-0.15, -0.1) is 0 Å². The first-order chi connectivity index (χ1) is 66.5. The minimum Gasteiger partial charge on any atom is -0.455 e. The van der Waals surface area contributed by atoms with Crippen molar-refractivity contribution in [1.82, 2.24) is 9.13 Å². The van der Waals surface area contributed by atoms with Gasteiger partial charge in [0.2, 0.25) is 0 Å². The summed E-state index contributed by atoms with van der Waals surface area (Å²) in [6.45, 7) is 0. The van der Waals surface area contributed by atoms with E-state index in [4.69, 9.17) is 8.83 Å². The predicted octanol–water partition coefficient (Wildman–Crippen LogP) is 34.0. The fourth-order valence-corrected chi connectivity index (χ4v) is 22.9. The zero-order valence-corrected chi connectivity index (χ0v) is 72.9. The molecule has 21 aromatic carbocycles. The van der Waals surface area contributed by atoms with Crippen molar-refractivity contribution in [3.63, 3.8) is 0 Å². The highest BCUT2D eigenvalue weighted by Gasteiger charge is 2.48. The number of para-hydroxylation sites is 6. The van der Waals surface area contributed by atoms with Crippen LogP contribution in [-0.4, -0.2) is 9.13 Å². The molecule has 25 aromatic rings. The smallest absolute Gasteiger partial charge is 0.143 e. The molecule has 4 aromatic heterocycles. The second-order valence-corrected chi connectivity index (χ2v) is 35.6. The van der Waals surface area contributed by atoms with E-state index in [0.29, 0.717) is 0 Å². The van der Waals surface area contributed by atoms with Crippen LogP contribution in [-0.2, 0) is 10.8 Å². The number of rotatable bonds is 16. The van der Waals surface area contributed by atoms with Crippen LogP contribution in [0.25, 0.3) is 166 Å². The monoisotopic (exact) mass is 1710 g/mol. The van der Waals surface area contributed by atoms with E-state index in [9.17, 15) is 0 Å². The lowest BCUT2D eigenvalue weighted by atomic mass is 9.68. The van der Waals surface area contributed by atoms with Crippen molar-refractivity contribution in [2.75, 3.05) is 9.80 Å². The normalized spacial score (nSPS) is 12.9. The predicted molar refractivity (Wildman–Crippen MR) is 555 cm³/mol. The summed E-state index contributed by atoms with van der Waals surface area (Å²) in [6.07, 6.45) is 0. The highest BCUT2D eigenvalue weighted by molar-refractivity contribution is 6.19. The molecule has 134 heavy (non-hydrogen) atoms. The van der Waals surface area contributed by atoms with Crippen LogP contribution in [0.4, 0.5) is 34.1 Å². The first-order valence-electron chi connectivity index (χ1n) is 46.2. The molecule has 4 heterocycles. The topological polar surface area (TPSA) is 42.6 Å². The zero-order valence-electron chi connectivity index (χ0n) is 72.9. The van der Waals surface area contributed by atoms with E-state index in [1.165, 1.54) is 88.3 Å². The van der Waals surface area contributed by atoms with Crippen LogP contribution < -0.4 is 9.80 Å². The van der Waals surface area contributed by atoms with Gasteiger partial charge in [-0.25, -0.2) is 0 Å². The van der Waals surface area contributed by atoms with Crippen LogP contribution in [0.2, 0.25) is 0 Å². The number of anilines is 6. The van der Waals surface area contributed by atoms with Crippen molar-refractivity contribution in [2.24, 2.45) is 0 Å². The van der Waals surface area contributed by atoms with Crippen molar-refractivity contribution in [2.45, 2.75) is 10.8 Å². The average molecular weight is 1710 g/mol. The van der Waals surface area contributed by atoms with Crippen molar-refractivity contribution in [3.8, 4) is 78.1 Å². The third kappa shape index (κ3) is 11.7. The summed E-state index contributed by atoms with van der Waals surface area (Å²) in [7, 11) is 0. The maximum atomic E-state index is 7.14. The number of fused-ring (bicyclic) bond motifs is 18. The lowest BCUT2D eigenvalue weighted by Crippen LogP contribution is -2.28. The van der Waals surface area contributed by atoms with Crippen molar-refractivity contribution in [3.05, 3.63) is 542 Å². The Hall–Kier alpha value is -17.6. The van der Waals surface area contributed by atoms with Crippen molar-refractivity contribution in [1.29, 1.82) is 0 Å². The molecule has 6 heteroatoms. The van der Waals surface area contributed by atoms with E-state index in [1.807, 2.05) is 6.07 Å². The van der Waals surface area contributed by atoms with E-state index < -0.39 is 10.8 Å². The Morgan fingerprint density at radius 1 is 0.179 bits per heavy atom. The van der Waals surface area contributed by atoms with Gasteiger partial charge >= 0.3 is 0 Å². The lowest BCUT2D eigenvalue weighted by molar-refractivity contribution is 0.669. The van der Waals surface area contributed by atoms with Crippen LogP contribution in [0.15, 0.2) is 506 Å². The second kappa shape index (κ2) is 30.5. The summed E-state index contributed by atoms with van der Waals surface area (Å²) >= 11 is 0. The maximum absolute atomic E-state index is 7.14. The number of hydrogen-bond donors (Lipinski definition) is 0. The molecule has 0 saturated carbocycles. The highest BCUT2D eigenvalue weighted by atomic mass is 16.3. The Morgan fingerprint density at radius 3 is 1.02 bits per heavy atom. The summed E-state index contributed by atoms with van der Waals surface area (Å²) in [6, 6.07) is 183. The van der Waals surface area contributed by atoms with E-state index in [0.717, 1.165) is 156 Å². The average Bonchev–Trinajstić information content (AvgIpc) is 1.54. The second-order valence-electron chi connectivity index (χ2n) is 35.6. The van der Waals surface area contributed by atoms with Gasteiger partial charge in [-0.05, 0) is 240 Å². The summed E-state index contributed by atoms with van der Waals surface area (Å²) in [4.78, 5) is 4.80. The molecule has 0 aliphatic heterocycles. The molecular formula is C128H82N4O2. The lowest BCUT2D eigenvalue weighted by Gasteiger charge is -2.34. The van der Waals surface area contributed by atoms with Crippen LogP contribution in [0.1, 0.15) is 44.5 Å². The molecule has 0 spiro atoms. The van der Waals surface area contributed by atoms with Gasteiger partial charge in [0, 0.05) is 99.7 Å². The first-order valence-corrected chi connectivity index (χ1v) is 46.2. The summed E-state index contributed by atoms with van der Waals surface area (Å²) in [5.74, 6) is 0. The van der Waals surface area contributed by atoms with Gasteiger partial charge in [-0.3, -0.25) is 0 Å². The standard InChI is InChI=1S/C128H82N4O2/c1-3-27-88(28-4-1)127(114-44-16-7-33-103(114)104-34-8-17-45-115(104)127)90-62-74-95(75-63-90)129(93-70-57-85(58-71-93)101-42-26-43-111-110-40-14-23-51-122(110)133-125(101)111)92-66-53-83(54-67-92)84-55-68-97(69-56-84)131-120-50-22-13-39-109(120)113-81-87(61-80-121(113)131)100-78-79-102(126-124(100)112-41-15-24-52-123(112)134-126)86-59-72-94(73-60-86)130(98-31-25-32-99(82-98)132-118-48-20-11-37-107(118)108-38-12-21-49-119(108)132)96-76-64-91(65-77-96)128(89-29-5-2-6-30-89)116-46-18-9-35-105(116)106-36-10-19-47-117(106)128/h1-82H. The van der Waals surface area contributed by atoms with Gasteiger partial charge in [0.15, 0.2) is 0 Å². The maximum Gasteiger partial charge on any atom is 0.143 e. The number of aromatic nitrogens is 2. The molecule has 0 bridgehead atoms. The molecule has 0 saturated heterocycles. The van der Waals surface area contributed by atoms with Crippen LogP contribution in [0.5, 0.6) is 0 Å². The molecule has 0 radical (unpaired) electrons. The summed E-state index contributed by atoms with van der Waals surface area (Å²) in [5.41, 5.74) is 39.2. The van der Waals surface area contributed by atoms with Crippen LogP contribution in [0, 0.1) is 0 Å². The molecule has 6 nitrogen and oxygen atoms in total. The molecule has 0 N–H and O–H groups in total. The third-order valence-corrected chi connectivity index (χ3v) is 28.7. The van der Waals surface area contributed by atoms with Crippen molar-refractivity contribution < 1.29 is 8.83 Å². The fourth-order valence-electron chi connectivity index (χ4n) is 22.9. The molecule has 0 amide bonds. The molecule has 2 aliphatic rings. The largest absolute Gasteiger partial charge is 0.455 e. The molecule has 626 valence electrons. The Bertz CT molecular complexity index is 8830. The van der Waals surface area contributed by atoms with Gasteiger partial charge < -0.3 is 27.8 Å². The quantitative estimate of drug-likeness (QED) is 0.0967. The Morgan fingerprint density at radius 2 is 0.515 bits per heavy atom. The third-order valence-electron chi connectivity index (χ3n) is 28.7.